The lowest BCUT2D eigenvalue weighted by atomic mass is 9.50. The average molecular weight is 545 g/mol. The fraction of sp³-hybridized carbons (Fsp3) is 0.812. The lowest BCUT2D eigenvalue weighted by Gasteiger charge is -2.59. The van der Waals surface area contributed by atoms with Crippen molar-refractivity contribution in [2.24, 2.45) is 22.7 Å². The summed E-state index contributed by atoms with van der Waals surface area (Å²) in [5.41, 5.74) is 4.55. The highest BCUT2D eigenvalue weighted by Crippen LogP contribution is 2.64. The quantitative estimate of drug-likeness (QED) is 0.278. The summed E-state index contributed by atoms with van der Waals surface area (Å²) >= 11 is 0. The zero-order valence-corrected chi connectivity index (χ0v) is 28.0. The van der Waals surface area contributed by atoms with Gasteiger partial charge in [-0.15, -0.1) is 0 Å². The minimum Gasteiger partial charge on any atom is -0.414 e. The van der Waals surface area contributed by atoms with Gasteiger partial charge in [-0.3, -0.25) is 0 Å². The van der Waals surface area contributed by atoms with Gasteiger partial charge in [0.25, 0.3) is 0 Å². The number of fused-ring (bicyclic) bond motifs is 5. The zero-order valence-electron chi connectivity index (χ0n) is 26.0. The molecular formula is C32H56O3Si2. The predicted octanol–water partition coefficient (Wildman–Crippen LogP) is 8.79. The molecule has 2 saturated carbocycles. The number of aliphatic hydroxyl groups excluding tert-OH is 1. The summed E-state index contributed by atoms with van der Waals surface area (Å²) in [5.74, 6) is 1.03. The fourth-order valence-corrected chi connectivity index (χ4v) is 10.1. The number of hydrogen-bond acceptors (Lipinski definition) is 3. The second-order valence-corrected chi connectivity index (χ2v) is 25.6. The fourth-order valence-electron chi connectivity index (χ4n) is 7.31. The summed E-state index contributed by atoms with van der Waals surface area (Å²) in [6, 6.07) is 0. The zero-order chi connectivity index (χ0) is 27.8. The van der Waals surface area contributed by atoms with Crippen molar-refractivity contribution in [2.45, 2.75) is 136 Å². The van der Waals surface area contributed by atoms with Crippen LogP contribution in [0.4, 0.5) is 0 Å². The van der Waals surface area contributed by atoms with Gasteiger partial charge in [0, 0.05) is 5.41 Å². The highest BCUT2D eigenvalue weighted by molar-refractivity contribution is 6.74. The molecule has 210 valence electrons. The smallest absolute Gasteiger partial charge is 0.192 e. The Kier molecular flexibility index (Phi) is 7.41. The minimum absolute atomic E-state index is 0.0101. The monoisotopic (exact) mass is 544 g/mol. The van der Waals surface area contributed by atoms with Gasteiger partial charge >= 0.3 is 0 Å². The Morgan fingerprint density at radius 1 is 0.919 bits per heavy atom. The highest BCUT2D eigenvalue weighted by Gasteiger charge is 2.59. The van der Waals surface area contributed by atoms with E-state index in [9.17, 15) is 5.11 Å². The first-order valence-corrected chi connectivity index (χ1v) is 20.7. The molecule has 0 spiro atoms. The molecule has 2 fully saturated rings. The van der Waals surface area contributed by atoms with Crippen LogP contribution in [0.15, 0.2) is 34.9 Å². The second-order valence-electron chi connectivity index (χ2n) is 16.1. The lowest BCUT2D eigenvalue weighted by molar-refractivity contribution is -0.0389. The molecule has 37 heavy (non-hydrogen) atoms. The first-order valence-electron chi connectivity index (χ1n) is 14.8. The standard InChI is InChI=1S/C32H56O3Si2/c1-29(2,3)36(9,10)34-24-19-22-13-15-25-26-16-14-23(21-33)31(26,7)18-17-27(25)32(22,8)28(20-24)35-37(11,12)30(4,5)6/h13-15,24,26-28,33H,16-21H2,1-12H3/t24?,26-,27-,28?,31+,32-/m0/s1. The maximum atomic E-state index is 10.1. The van der Waals surface area contributed by atoms with Crippen molar-refractivity contribution in [3.8, 4) is 0 Å². The molecule has 0 aliphatic heterocycles. The first kappa shape index (κ1) is 29.5. The third-order valence-corrected chi connectivity index (χ3v) is 21.0. The normalized spacial score (nSPS) is 36.7. The summed E-state index contributed by atoms with van der Waals surface area (Å²) in [5, 5.41) is 10.5. The maximum Gasteiger partial charge on any atom is 0.192 e. The van der Waals surface area contributed by atoms with E-state index in [1.807, 2.05) is 0 Å². The Bertz CT molecular complexity index is 992. The maximum absolute atomic E-state index is 10.1. The molecule has 0 heterocycles. The molecule has 0 radical (unpaired) electrons. The highest BCUT2D eigenvalue weighted by atomic mass is 28.4. The first-order chi connectivity index (χ1) is 16.8. The third kappa shape index (κ3) is 4.77. The largest absolute Gasteiger partial charge is 0.414 e. The molecule has 4 rings (SSSR count). The Morgan fingerprint density at radius 3 is 2.08 bits per heavy atom. The van der Waals surface area contributed by atoms with Crippen LogP contribution in [0.25, 0.3) is 0 Å². The second kappa shape index (κ2) is 9.29. The summed E-state index contributed by atoms with van der Waals surface area (Å²) in [6.45, 7) is 28.9. The van der Waals surface area contributed by atoms with E-state index in [0.29, 0.717) is 11.8 Å². The molecule has 6 atom stereocenters. The van der Waals surface area contributed by atoms with Gasteiger partial charge in [-0.25, -0.2) is 0 Å². The molecule has 2 unspecified atom stereocenters. The van der Waals surface area contributed by atoms with Crippen LogP contribution in [0.2, 0.25) is 36.3 Å². The van der Waals surface area contributed by atoms with Crippen LogP contribution >= 0.6 is 0 Å². The van der Waals surface area contributed by atoms with Crippen LogP contribution in [-0.2, 0) is 8.85 Å². The van der Waals surface area contributed by atoms with Crippen molar-refractivity contribution in [3.63, 3.8) is 0 Å². The van der Waals surface area contributed by atoms with Crippen LogP contribution < -0.4 is 0 Å². The van der Waals surface area contributed by atoms with Crippen LogP contribution in [0.5, 0.6) is 0 Å². The Morgan fingerprint density at radius 2 is 1.51 bits per heavy atom. The molecule has 3 nitrogen and oxygen atoms in total. The number of hydrogen-bond donors (Lipinski definition) is 1. The Balaban J connectivity index is 1.74. The van der Waals surface area contributed by atoms with Gasteiger partial charge in [-0.2, -0.15) is 0 Å². The molecule has 0 aromatic carbocycles. The van der Waals surface area contributed by atoms with Crippen LogP contribution in [0, 0.1) is 22.7 Å². The van der Waals surface area contributed by atoms with Gasteiger partial charge in [0.15, 0.2) is 16.6 Å². The lowest BCUT2D eigenvalue weighted by Crippen LogP contribution is -2.58. The van der Waals surface area contributed by atoms with E-state index < -0.39 is 16.6 Å². The number of rotatable bonds is 5. The van der Waals surface area contributed by atoms with E-state index >= 15 is 0 Å². The van der Waals surface area contributed by atoms with Crippen molar-refractivity contribution in [1.82, 2.24) is 0 Å². The van der Waals surface area contributed by atoms with E-state index in [0.717, 1.165) is 25.7 Å². The molecule has 4 aliphatic rings. The molecule has 0 saturated heterocycles. The number of allylic oxidation sites excluding steroid dienone is 4. The van der Waals surface area contributed by atoms with E-state index in [4.69, 9.17) is 8.85 Å². The van der Waals surface area contributed by atoms with Gasteiger partial charge in [-0.05, 0) is 91.2 Å². The van der Waals surface area contributed by atoms with Crippen molar-refractivity contribution in [2.75, 3.05) is 6.61 Å². The molecule has 4 aliphatic carbocycles. The summed E-state index contributed by atoms with van der Waals surface area (Å²) < 4.78 is 14.5. The van der Waals surface area contributed by atoms with Gasteiger partial charge in [-0.1, -0.05) is 84.8 Å². The van der Waals surface area contributed by atoms with E-state index in [2.05, 4.69) is 99.8 Å². The van der Waals surface area contributed by atoms with Crippen molar-refractivity contribution in [3.05, 3.63) is 34.9 Å². The minimum atomic E-state index is -1.99. The Hall–Kier alpha value is -0.466. The summed E-state index contributed by atoms with van der Waals surface area (Å²) in [7, 11) is -3.88. The summed E-state index contributed by atoms with van der Waals surface area (Å²) in [6.07, 6.45) is 13.1. The van der Waals surface area contributed by atoms with Crippen molar-refractivity contribution < 1.29 is 14.0 Å². The predicted molar refractivity (Wildman–Crippen MR) is 162 cm³/mol. The van der Waals surface area contributed by atoms with Gasteiger partial charge in [0.2, 0.25) is 0 Å². The van der Waals surface area contributed by atoms with E-state index in [1.54, 1.807) is 11.1 Å². The van der Waals surface area contributed by atoms with Crippen LogP contribution in [0.3, 0.4) is 0 Å². The van der Waals surface area contributed by atoms with Crippen LogP contribution in [-0.4, -0.2) is 40.6 Å². The average Bonchev–Trinajstić information content (AvgIpc) is 3.09. The molecular weight excluding hydrogens is 489 g/mol. The van der Waals surface area contributed by atoms with E-state index in [1.165, 1.54) is 12.0 Å². The van der Waals surface area contributed by atoms with Gasteiger partial charge < -0.3 is 14.0 Å². The van der Waals surface area contributed by atoms with Crippen molar-refractivity contribution in [1.29, 1.82) is 0 Å². The third-order valence-electron chi connectivity index (χ3n) is 12.0. The molecule has 0 bridgehead atoms. The summed E-state index contributed by atoms with van der Waals surface area (Å²) in [4.78, 5) is 0. The molecule has 0 aromatic heterocycles. The van der Waals surface area contributed by atoms with Gasteiger partial charge in [0.1, 0.15) is 0 Å². The topological polar surface area (TPSA) is 38.7 Å². The van der Waals surface area contributed by atoms with Gasteiger partial charge in [0.05, 0.1) is 18.8 Å². The Labute approximate surface area is 230 Å². The SMILES string of the molecule is CC(C)(C)[Si](C)(C)OC1CC2=CC=C3[C@@H]4CC=C(CO)[C@@]4(C)CC[C@@H]3[C@@]2(C)C(O[Si](C)(C)C(C)(C)C)C1. The molecule has 0 amide bonds. The molecule has 0 aromatic rings. The van der Waals surface area contributed by atoms with E-state index in [-0.39, 0.29) is 39.7 Å². The van der Waals surface area contributed by atoms with Crippen molar-refractivity contribution >= 4 is 16.6 Å². The molecule has 1 N–H and O–H groups in total. The number of aliphatic hydroxyl groups is 1. The molecule has 5 heteroatoms. The van der Waals surface area contributed by atoms with Crippen LogP contribution in [0.1, 0.15) is 87.5 Å².